The largest absolute Gasteiger partial charge is 0.440 e. The topological polar surface area (TPSA) is 78.4 Å². The number of fused-ring (bicyclic) bond motifs is 4. The quantitative estimate of drug-likeness (QED) is 0.312. The molecule has 6 rings (SSSR count). The van der Waals surface area contributed by atoms with Gasteiger partial charge in [0.2, 0.25) is 0 Å². The van der Waals surface area contributed by atoms with Crippen molar-refractivity contribution in [3.8, 4) is 5.75 Å². The van der Waals surface area contributed by atoms with Crippen molar-refractivity contribution in [2.24, 2.45) is 5.73 Å². The molecule has 168 valence electrons. The lowest BCUT2D eigenvalue weighted by atomic mass is 9.82. The van der Waals surface area contributed by atoms with E-state index >= 15 is 0 Å². The highest BCUT2D eigenvalue weighted by molar-refractivity contribution is 7.19. The van der Waals surface area contributed by atoms with Crippen LogP contribution in [-0.2, 0) is 0 Å². The summed E-state index contributed by atoms with van der Waals surface area (Å²) in [6.07, 6.45) is 0. The van der Waals surface area contributed by atoms with Crippen LogP contribution >= 0.6 is 11.3 Å². The molecule has 0 unspecified atom stereocenters. The first-order chi connectivity index (χ1) is 16.5. The van der Waals surface area contributed by atoms with Crippen LogP contribution in [0.5, 0.6) is 5.75 Å². The third-order valence-electron chi connectivity index (χ3n) is 6.31. The highest BCUT2D eigenvalue weighted by Gasteiger charge is 2.37. The van der Waals surface area contributed by atoms with Gasteiger partial charge < -0.3 is 14.9 Å². The van der Waals surface area contributed by atoms with Gasteiger partial charge in [0.25, 0.3) is 0 Å². The summed E-state index contributed by atoms with van der Waals surface area (Å²) < 4.78 is 12.9. The fraction of sp³-hybridized carbons (Fsp3) is 0.143. The Morgan fingerprint density at radius 3 is 2.47 bits per heavy atom. The molecular formula is C28H22N2O3S. The molecule has 0 bridgehead atoms. The standard InChI is InChI=1S/C28H22N2O3S/c1-15(2)16-11-13-17(14-12-16)22-23-25(18-7-3-5-9-20(18)32-28(23)31)33-26(29)24(22)27-30-19-8-4-6-10-21(19)34-27/h3-15,22H,29H2,1-2H3/t22-/m0/s1. The number of thiazole rings is 1. The summed E-state index contributed by atoms with van der Waals surface area (Å²) in [4.78, 5) is 18.2. The molecule has 1 aliphatic rings. The Kier molecular flexibility index (Phi) is 4.78. The minimum absolute atomic E-state index is 0.250. The molecule has 1 atom stereocenters. The molecule has 5 nitrogen and oxygen atoms in total. The van der Waals surface area contributed by atoms with Crippen LogP contribution in [0.1, 0.15) is 47.4 Å². The molecule has 2 aromatic heterocycles. The molecule has 0 amide bonds. The Labute approximate surface area is 200 Å². The van der Waals surface area contributed by atoms with Crippen LogP contribution in [0, 0.1) is 0 Å². The summed E-state index contributed by atoms with van der Waals surface area (Å²) in [6.45, 7) is 4.31. The second kappa shape index (κ2) is 7.85. The van der Waals surface area contributed by atoms with Gasteiger partial charge in [-0.05, 0) is 41.3 Å². The Balaban J connectivity index is 1.64. The number of allylic oxidation sites excluding steroid dienone is 1. The predicted octanol–water partition coefficient (Wildman–Crippen LogP) is 6.38. The molecule has 0 fully saturated rings. The van der Waals surface area contributed by atoms with E-state index in [0.29, 0.717) is 33.8 Å². The van der Waals surface area contributed by atoms with Gasteiger partial charge in [-0.15, -0.1) is 11.3 Å². The summed E-state index contributed by atoms with van der Waals surface area (Å²) in [7, 11) is 0. The Morgan fingerprint density at radius 1 is 0.971 bits per heavy atom. The molecule has 3 aromatic carbocycles. The summed E-state index contributed by atoms with van der Waals surface area (Å²) in [5.74, 6) is 0.633. The molecule has 3 heterocycles. The lowest BCUT2D eigenvalue weighted by molar-refractivity contribution is 0.399. The third-order valence-corrected chi connectivity index (χ3v) is 7.38. The highest BCUT2D eigenvalue weighted by Crippen LogP contribution is 2.48. The Bertz CT molecular complexity index is 1610. The van der Waals surface area contributed by atoms with Crippen molar-refractivity contribution in [2.45, 2.75) is 25.7 Å². The third kappa shape index (κ3) is 3.22. The average molecular weight is 467 g/mol. The fourth-order valence-electron chi connectivity index (χ4n) is 4.57. The number of rotatable bonds is 3. The average Bonchev–Trinajstić information content (AvgIpc) is 3.27. The number of nitrogens with two attached hydrogens (primary N) is 1. The molecule has 34 heavy (non-hydrogen) atoms. The van der Waals surface area contributed by atoms with Gasteiger partial charge in [-0.25, -0.2) is 9.78 Å². The van der Waals surface area contributed by atoms with Crippen molar-refractivity contribution in [2.75, 3.05) is 0 Å². The van der Waals surface area contributed by atoms with Crippen molar-refractivity contribution in [1.82, 2.24) is 4.98 Å². The van der Waals surface area contributed by atoms with Gasteiger partial charge in [0.15, 0.2) is 11.6 Å². The van der Waals surface area contributed by atoms with Crippen molar-refractivity contribution >= 4 is 38.1 Å². The minimum Gasteiger partial charge on any atom is -0.440 e. The predicted molar refractivity (Wildman–Crippen MR) is 136 cm³/mol. The highest BCUT2D eigenvalue weighted by atomic mass is 32.1. The molecule has 0 radical (unpaired) electrons. The minimum atomic E-state index is -0.466. The molecule has 0 saturated carbocycles. The molecule has 0 spiro atoms. The smallest absolute Gasteiger partial charge is 0.344 e. The van der Waals surface area contributed by atoms with Crippen LogP contribution in [0.3, 0.4) is 0 Å². The summed E-state index contributed by atoms with van der Waals surface area (Å²) >= 11 is 1.54. The van der Waals surface area contributed by atoms with Gasteiger partial charge >= 0.3 is 5.63 Å². The van der Waals surface area contributed by atoms with Crippen molar-refractivity contribution in [3.05, 3.63) is 111 Å². The van der Waals surface area contributed by atoms with E-state index in [2.05, 4.69) is 38.1 Å². The number of benzene rings is 3. The van der Waals surface area contributed by atoms with Gasteiger partial charge in [-0.2, -0.15) is 0 Å². The summed E-state index contributed by atoms with van der Waals surface area (Å²) in [6, 6.07) is 23.6. The van der Waals surface area contributed by atoms with E-state index in [1.165, 1.54) is 16.9 Å². The van der Waals surface area contributed by atoms with Gasteiger partial charge in [0.1, 0.15) is 10.6 Å². The zero-order valence-corrected chi connectivity index (χ0v) is 19.6. The lowest BCUT2D eigenvalue weighted by Crippen LogP contribution is -2.26. The molecule has 2 N–H and O–H groups in total. The van der Waals surface area contributed by atoms with Crippen molar-refractivity contribution in [1.29, 1.82) is 0 Å². The van der Waals surface area contributed by atoms with Gasteiger partial charge in [-0.3, -0.25) is 0 Å². The maximum Gasteiger partial charge on any atom is 0.344 e. The van der Waals surface area contributed by atoms with Crippen LogP contribution in [0.4, 0.5) is 0 Å². The molecule has 0 aliphatic carbocycles. The maximum absolute atomic E-state index is 13.4. The first-order valence-corrected chi connectivity index (χ1v) is 12.0. The van der Waals surface area contributed by atoms with Crippen molar-refractivity contribution in [3.63, 3.8) is 0 Å². The number of hydrogen-bond donors (Lipinski definition) is 1. The summed E-state index contributed by atoms with van der Waals surface area (Å²) in [5, 5.41) is 1.45. The molecule has 5 aromatic rings. The lowest BCUT2D eigenvalue weighted by Gasteiger charge is -2.28. The summed E-state index contributed by atoms with van der Waals surface area (Å²) in [5.41, 5.74) is 10.8. The fourth-order valence-corrected chi connectivity index (χ4v) is 5.61. The van der Waals surface area contributed by atoms with Crippen LogP contribution in [0.15, 0.2) is 87.9 Å². The molecular weight excluding hydrogens is 444 g/mol. The molecule has 0 saturated heterocycles. The number of aromatic nitrogens is 1. The first kappa shape index (κ1) is 20.7. The van der Waals surface area contributed by atoms with E-state index in [9.17, 15) is 4.79 Å². The second-order valence-corrected chi connectivity index (χ2v) is 9.78. The van der Waals surface area contributed by atoms with Gasteiger partial charge in [0.05, 0.1) is 32.7 Å². The van der Waals surface area contributed by atoms with E-state index in [4.69, 9.17) is 19.9 Å². The molecule has 6 heteroatoms. The normalized spacial score (nSPS) is 15.7. The van der Waals surface area contributed by atoms with E-state index in [0.717, 1.165) is 20.8 Å². The zero-order valence-electron chi connectivity index (χ0n) is 18.7. The zero-order chi connectivity index (χ0) is 23.4. The van der Waals surface area contributed by atoms with Crippen LogP contribution in [-0.4, -0.2) is 4.98 Å². The van der Waals surface area contributed by atoms with Crippen LogP contribution in [0.25, 0.3) is 26.8 Å². The van der Waals surface area contributed by atoms with E-state index < -0.39 is 11.5 Å². The Morgan fingerprint density at radius 2 is 1.71 bits per heavy atom. The maximum atomic E-state index is 13.4. The number of ether oxygens (including phenoxy) is 1. The van der Waals surface area contributed by atoms with Crippen molar-refractivity contribution < 1.29 is 9.15 Å². The monoisotopic (exact) mass is 466 g/mol. The Hall–Kier alpha value is -3.90. The van der Waals surface area contributed by atoms with E-state index in [-0.39, 0.29) is 5.88 Å². The van der Waals surface area contributed by atoms with E-state index in [1.807, 2.05) is 42.5 Å². The molecule has 1 aliphatic heterocycles. The van der Waals surface area contributed by atoms with Crippen LogP contribution < -0.4 is 16.1 Å². The van der Waals surface area contributed by atoms with Crippen LogP contribution in [0.2, 0.25) is 0 Å². The number of para-hydroxylation sites is 2. The van der Waals surface area contributed by atoms with Gasteiger partial charge in [-0.1, -0.05) is 62.4 Å². The first-order valence-electron chi connectivity index (χ1n) is 11.2. The number of nitrogens with zero attached hydrogens (tertiary/aromatic N) is 1. The van der Waals surface area contributed by atoms with E-state index in [1.54, 1.807) is 6.07 Å². The SMILES string of the molecule is CC(C)c1ccc([C@@H]2C(c3nc4ccccc4s3)=C(N)Oc3c2c(=O)oc2ccccc32)cc1. The van der Waals surface area contributed by atoms with Gasteiger partial charge in [0, 0.05) is 0 Å². The second-order valence-electron chi connectivity index (χ2n) is 8.75. The number of hydrogen-bond acceptors (Lipinski definition) is 6.